The molecule has 5 rings (SSSR count). The summed E-state index contributed by atoms with van der Waals surface area (Å²) < 4.78 is 28.6. The molecule has 2 heterocycles. The summed E-state index contributed by atoms with van der Waals surface area (Å²) in [6, 6.07) is 21.8. The summed E-state index contributed by atoms with van der Waals surface area (Å²) in [5, 5.41) is 3.78. The van der Waals surface area contributed by atoms with E-state index in [1.807, 2.05) is 43.3 Å². The molecule has 1 amide bonds. The molecule has 0 atom stereocenters. The molecule has 0 saturated carbocycles. The Bertz CT molecular complexity index is 1560. The second-order valence-electron chi connectivity index (χ2n) is 8.17. The number of halogens is 1. The quantitative estimate of drug-likeness (QED) is 0.257. The number of benzene rings is 3. The number of carbonyl (C=O) groups excluding carboxylic acids is 1. The predicted molar refractivity (Wildman–Crippen MR) is 143 cm³/mol. The molecule has 0 fully saturated rings. The number of aromatic nitrogens is 2. The number of thioether (sulfide) groups is 1. The number of hydrogen-bond acceptors (Lipinski definition) is 6. The van der Waals surface area contributed by atoms with Gasteiger partial charge in [-0.05, 0) is 42.3 Å². The molecule has 1 aliphatic rings. The number of nitrogens with one attached hydrogen (secondary N) is 1. The highest BCUT2D eigenvalue weighted by atomic mass is 35.5. The Morgan fingerprint density at radius 1 is 1.03 bits per heavy atom. The summed E-state index contributed by atoms with van der Waals surface area (Å²) in [6.45, 7) is 2.06. The maximum absolute atomic E-state index is 13.6. The summed E-state index contributed by atoms with van der Waals surface area (Å²) >= 11 is 7.14. The van der Waals surface area contributed by atoms with E-state index in [2.05, 4.69) is 15.3 Å². The molecule has 10 heteroatoms. The van der Waals surface area contributed by atoms with Gasteiger partial charge in [0.25, 0.3) is 10.0 Å². The van der Waals surface area contributed by atoms with Crippen molar-refractivity contribution in [2.45, 2.75) is 23.5 Å². The van der Waals surface area contributed by atoms with Crippen molar-refractivity contribution in [3.8, 4) is 11.3 Å². The van der Waals surface area contributed by atoms with Crippen LogP contribution in [0.25, 0.3) is 11.3 Å². The van der Waals surface area contributed by atoms with Gasteiger partial charge in [-0.25, -0.2) is 18.4 Å². The van der Waals surface area contributed by atoms with Crippen LogP contribution in [-0.4, -0.2) is 30.0 Å². The molecule has 3 aromatic carbocycles. The monoisotopic (exact) mass is 536 g/mol. The van der Waals surface area contributed by atoms with Crippen molar-refractivity contribution in [2.75, 3.05) is 15.4 Å². The van der Waals surface area contributed by atoms with Gasteiger partial charge in [0.2, 0.25) is 5.91 Å². The number of anilines is 2. The van der Waals surface area contributed by atoms with Crippen molar-refractivity contribution >= 4 is 50.7 Å². The van der Waals surface area contributed by atoms with Crippen LogP contribution in [0.15, 0.2) is 89.0 Å². The number of nitrogens with zero attached hydrogens (tertiary/aromatic N) is 3. The minimum absolute atomic E-state index is 0.0314. The highest BCUT2D eigenvalue weighted by Gasteiger charge is 2.36. The molecule has 1 aliphatic heterocycles. The lowest BCUT2D eigenvalue weighted by Gasteiger charge is -2.31. The van der Waals surface area contributed by atoms with Crippen molar-refractivity contribution in [3.05, 3.63) is 95.1 Å². The molecular weight excluding hydrogens is 516 g/mol. The van der Waals surface area contributed by atoms with Crippen LogP contribution in [0.1, 0.15) is 11.1 Å². The van der Waals surface area contributed by atoms with Crippen LogP contribution < -0.4 is 9.62 Å². The normalized spacial score (nSPS) is 13.6. The van der Waals surface area contributed by atoms with Gasteiger partial charge < -0.3 is 5.32 Å². The zero-order valence-electron chi connectivity index (χ0n) is 19.2. The maximum atomic E-state index is 13.6. The summed E-state index contributed by atoms with van der Waals surface area (Å²) in [5.41, 5.74) is 4.06. The summed E-state index contributed by atoms with van der Waals surface area (Å²) in [6.07, 6.45) is 1.32. The van der Waals surface area contributed by atoms with E-state index in [1.165, 1.54) is 10.5 Å². The van der Waals surface area contributed by atoms with Crippen molar-refractivity contribution in [3.63, 3.8) is 0 Å². The lowest BCUT2D eigenvalue weighted by molar-refractivity contribution is -0.113. The lowest BCUT2D eigenvalue weighted by atomic mass is 10.1. The molecule has 0 unspecified atom stereocenters. The van der Waals surface area contributed by atoms with Gasteiger partial charge in [0.1, 0.15) is 4.90 Å². The third-order valence-electron chi connectivity index (χ3n) is 5.72. The van der Waals surface area contributed by atoms with E-state index in [0.29, 0.717) is 27.1 Å². The first-order valence-corrected chi connectivity index (χ1v) is 13.9. The molecule has 0 radical (unpaired) electrons. The summed E-state index contributed by atoms with van der Waals surface area (Å²) in [4.78, 5) is 21.3. The minimum Gasteiger partial charge on any atom is -0.325 e. The fourth-order valence-electron chi connectivity index (χ4n) is 3.90. The van der Waals surface area contributed by atoms with Gasteiger partial charge in [-0.15, -0.1) is 0 Å². The zero-order chi connectivity index (χ0) is 25.3. The molecule has 0 saturated heterocycles. The van der Waals surface area contributed by atoms with E-state index in [1.54, 1.807) is 36.4 Å². The van der Waals surface area contributed by atoms with Crippen LogP contribution in [-0.2, 0) is 21.4 Å². The fourth-order valence-corrected chi connectivity index (χ4v) is 6.20. The standard InChI is InChI=1S/C26H21ClN4O3S2/c1-17-6-2-4-8-21(17)29-24(32)16-35-26-28-14-23-25(30-26)20-7-3-5-9-22(20)31(36(23,33)34)15-18-10-12-19(27)13-11-18/h2-14H,15-16H2,1H3,(H,29,32). The van der Waals surface area contributed by atoms with E-state index in [0.717, 1.165) is 28.6 Å². The lowest BCUT2D eigenvalue weighted by Crippen LogP contribution is -2.34. The van der Waals surface area contributed by atoms with E-state index in [9.17, 15) is 13.2 Å². The Morgan fingerprint density at radius 2 is 1.75 bits per heavy atom. The van der Waals surface area contributed by atoms with Crippen molar-refractivity contribution < 1.29 is 13.2 Å². The third-order valence-corrected chi connectivity index (χ3v) is 8.59. The smallest absolute Gasteiger partial charge is 0.268 e. The maximum Gasteiger partial charge on any atom is 0.268 e. The number of amides is 1. The van der Waals surface area contributed by atoms with E-state index in [4.69, 9.17) is 11.6 Å². The number of fused-ring (bicyclic) bond motifs is 3. The number of rotatable bonds is 6. The topological polar surface area (TPSA) is 92.3 Å². The second kappa shape index (κ2) is 9.93. The van der Waals surface area contributed by atoms with Gasteiger partial charge in [0.05, 0.1) is 29.9 Å². The van der Waals surface area contributed by atoms with E-state index < -0.39 is 10.0 Å². The number of carbonyl (C=O) groups is 1. The van der Waals surface area contributed by atoms with Crippen molar-refractivity contribution in [1.29, 1.82) is 0 Å². The average Bonchev–Trinajstić information content (AvgIpc) is 2.88. The number of aryl methyl sites for hydroxylation is 1. The average molecular weight is 537 g/mol. The SMILES string of the molecule is Cc1ccccc1NC(=O)CSc1ncc2c(n1)-c1ccccc1N(Cc1ccc(Cl)cc1)S2(=O)=O. The fraction of sp³-hybridized carbons (Fsp3) is 0.115. The summed E-state index contributed by atoms with van der Waals surface area (Å²) in [5.74, 6) is -0.109. The van der Waals surface area contributed by atoms with Crippen LogP contribution in [0.4, 0.5) is 11.4 Å². The Balaban J connectivity index is 1.41. The molecule has 1 aromatic heterocycles. The van der Waals surface area contributed by atoms with Gasteiger partial charge in [-0.3, -0.25) is 9.10 Å². The van der Waals surface area contributed by atoms with Crippen LogP contribution in [0.2, 0.25) is 5.02 Å². The van der Waals surface area contributed by atoms with Gasteiger partial charge >= 0.3 is 0 Å². The Hall–Kier alpha value is -3.40. The first-order chi connectivity index (χ1) is 17.3. The second-order valence-corrected chi connectivity index (χ2v) is 11.4. The first kappa shape index (κ1) is 24.3. The van der Waals surface area contributed by atoms with Gasteiger partial charge in [0.15, 0.2) is 5.16 Å². The molecule has 182 valence electrons. The molecule has 0 aliphatic carbocycles. The molecule has 4 aromatic rings. The van der Waals surface area contributed by atoms with Crippen LogP contribution >= 0.6 is 23.4 Å². The highest BCUT2D eigenvalue weighted by molar-refractivity contribution is 7.99. The molecular formula is C26H21ClN4O3S2. The Morgan fingerprint density at radius 3 is 2.53 bits per heavy atom. The van der Waals surface area contributed by atoms with Gasteiger partial charge in [-0.1, -0.05) is 71.9 Å². The molecule has 1 N–H and O–H groups in total. The van der Waals surface area contributed by atoms with Gasteiger partial charge in [0, 0.05) is 16.3 Å². The number of para-hydroxylation sites is 2. The Labute approximate surface area is 218 Å². The molecule has 0 bridgehead atoms. The Kier molecular flexibility index (Phi) is 6.70. The predicted octanol–water partition coefficient (Wildman–Crippen LogP) is 5.55. The molecule has 7 nitrogen and oxygen atoms in total. The van der Waals surface area contributed by atoms with Crippen molar-refractivity contribution in [2.24, 2.45) is 0 Å². The van der Waals surface area contributed by atoms with Gasteiger partial charge in [-0.2, -0.15) is 0 Å². The molecule has 36 heavy (non-hydrogen) atoms. The highest BCUT2D eigenvalue weighted by Crippen LogP contribution is 2.42. The third kappa shape index (κ3) is 4.82. The minimum atomic E-state index is -3.91. The van der Waals surface area contributed by atoms with E-state index in [-0.39, 0.29) is 23.1 Å². The number of sulfonamides is 1. The van der Waals surface area contributed by atoms with Crippen LogP contribution in [0, 0.1) is 6.92 Å². The first-order valence-electron chi connectivity index (χ1n) is 11.0. The number of hydrogen-bond donors (Lipinski definition) is 1. The van der Waals surface area contributed by atoms with Crippen molar-refractivity contribution in [1.82, 2.24) is 9.97 Å². The van der Waals surface area contributed by atoms with E-state index >= 15 is 0 Å². The molecule has 0 spiro atoms. The largest absolute Gasteiger partial charge is 0.325 e. The van der Waals surface area contributed by atoms with Crippen LogP contribution in [0.5, 0.6) is 0 Å². The summed E-state index contributed by atoms with van der Waals surface area (Å²) in [7, 11) is -3.91. The van der Waals surface area contributed by atoms with Crippen LogP contribution in [0.3, 0.4) is 0 Å². The zero-order valence-corrected chi connectivity index (χ0v) is 21.6.